The van der Waals surface area contributed by atoms with E-state index >= 15 is 0 Å². The lowest BCUT2D eigenvalue weighted by Gasteiger charge is -2.41. The van der Waals surface area contributed by atoms with Crippen LogP contribution in [-0.2, 0) is 5.79 Å². The number of aromatic nitrogens is 1. The summed E-state index contributed by atoms with van der Waals surface area (Å²) in [5.74, 6) is 2.25. The SMILES string of the molecule is Cc1cc(C2(N)N=C(N)NN2)cnc1N1CCN([C@H]2CC3CCC2C3)CC1. The molecule has 0 amide bonds. The molecule has 0 aromatic carbocycles. The predicted octanol–water partition coefficient (Wildman–Crippen LogP) is 0.192. The summed E-state index contributed by atoms with van der Waals surface area (Å²) >= 11 is 0. The fourth-order valence-electron chi connectivity index (χ4n) is 5.57. The Morgan fingerprint density at radius 2 is 2.00 bits per heavy atom. The molecule has 2 saturated carbocycles. The van der Waals surface area contributed by atoms with Gasteiger partial charge in [0.05, 0.1) is 0 Å². The van der Waals surface area contributed by atoms with Crippen molar-refractivity contribution in [3.8, 4) is 0 Å². The molecule has 3 fully saturated rings. The van der Waals surface area contributed by atoms with Crippen molar-refractivity contribution in [3.05, 3.63) is 23.4 Å². The van der Waals surface area contributed by atoms with Gasteiger partial charge in [0.25, 0.3) is 0 Å². The maximum Gasteiger partial charge on any atom is 0.210 e. The van der Waals surface area contributed by atoms with Gasteiger partial charge in [-0.3, -0.25) is 16.1 Å². The van der Waals surface area contributed by atoms with E-state index in [4.69, 9.17) is 16.5 Å². The summed E-state index contributed by atoms with van der Waals surface area (Å²) in [6.07, 6.45) is 7.64. The number of nitrogens with two attached hydrogens (primary N) is 2. The second kappa shape index (κ2) is 6.32. The monoisotopic (exact) mass is 370 g/mol. The van der Waals surface area contributed by atoms with Crippen molar-refractivity contribution in [2.45, 2.75) is 44.4 Å². The number of piperazine rings is 1. The third-order valence-electron chi connectivity index (χ3n) is 6.95. The van der Waals surface area contributed by atoms with Gasteiger partial charge in [0.1, 0.15) is 5.82 Å². The lowest BCUT2D eigenvalue weighted by molar-refractivity contribution is 0.134. The molecule has 4 atom stereocenters. The summed E-state index contributed by atoms with van der Waals surface area (Å²) in [7, 11) is 0. The zero-order valence-corrected chi connectivity index (χ0v) is 16.0. The van der Waals surface area contributed by atoms with Gasteiger partial charge in [0.15, 0.2) is 0 Å². The number of hydrogen-bond acceptors (Lipinski definition) is 8. The number of guanidine groups is 1. The van der Waals surface area contributed by atoms with Crippen molar-refractivity contribution in [1.29, 1.82) is 0 Å². The largest absolute Gasteiger partial charge is 0.369 e. The Hall–Kier alpha value is -1.90. The molecule has 2 bridgehead atoms. The maximum atomic E-state index is 6.28. The number of aryl methyl sites for hydroxylation is 1. The number of rotatable bonds is 3. The van der Waals surface area contributed by atoms with E-state index in [9.17, 15) is 0 Å². The third kappa shape index (κ3) is 2.96. The van der Waals surface area contributed by atoms with Gasteiger partial charge < -0.3 is 10.6 Å². The molecule has 3 heterocycles. The Balaban J connectivity index is 1.26. The highest BCUT2D eigenvalue weighted by molar-refractivity contribution is 5.79. The first-order valence-electron chi connectivity index (χ1n) is 10.2. The van der Waals surface area contributed by atoms with E-state index in [-0.39, 0.29) is 5.96 Å². The van der Waals surface area contributed by atoms with Crippen molar-refractivity contribution < 1.29 is 0 Å². The number of fused-ring (bicyclic) bond motifs is 2. The average Bonchev–Trinajstić information content (AvgIpc) is 3.38. The van der Waals surface area contributed by atoms with Gasteiger partial charge in [0.2, 0.25) is 11.7 Å². The summed E-state index contributed by atoms with van der Waals surface area (Å²) < 4.78 is 0. The number of nitrogens with zero attached hydrogens (tertiary/aromatic N) is 4. The van der Waals surface area contributed by atoms with Crippen molar-refractivity contribution >= 4 is 11.8 Å². The first kappa shape index (κ1) is 17.2. The van der Waals surface area contributed by atoms with Crippen LogP contribution < -0.4 is 27.2 Å². The Bertz CT molecular complexity index is 756. The fraction of sp³-hybridized carbons (Fsp3) is 0.684. The number of aliphatic imine (C=N–C) groups is 1. The molecule has 27 heavy (non-hydrogen) atoms. The molecule has 146 valence electrons. The Labute approximate surface area is 160 Å². The van der Waals surface area contributed by atoms with Gasteiger partial charge in [-0.05, 0) is 49.7 Å². The molecule has 4 aliphatic rings. The summed E-state index contributed by atoms with van der Waals surface area (Å²) in [5.41, 5.74) is 19.6. The zero-order valence-electron chi connectivity index (χ0n) is 16.0. The molecule has 8 heteroatoms. The first-order valence-corrected chi connectivity index (χ1v) is 10.2. The normalized spacial score (nSPS) is 36.1. The predicted molar refractivity (Wildman–Crippen MR) is 106 cm³/mol. The van der Waals surface area contributed by atoms with Gasteiger partial charge in [0, 0.05) is 44.0 Å². The van der Waals surface area contributed by atoms with E-state index in [2.05, 4.69) is 38.6 Å². The van der Waals surface area contributed by atoms with E-state index in [1.54, 1.807) is 6.20 Å². The van der Waals surface area contributed by atoms with Crippen molar-refractivity contribution in [2.75, 3.05) is 31.1 Å². The number of nitrogens with one attached hydrogen (secondary N) is 2. The third-order valence-corrected chi connectivity index (χ3v) is 6.95. The molecule has 8 nitrogen and oxygen atoms in total. The lowest BCUT2D eigenvalue weighted by Crippen LogP contribution is -2.52. The first-order chi connectivity index (χ1) is 13.0. The quantitative estimate of drug-likeness (QED) is 0.602. The highest BCUT2D eigenvalue weighted by Gasteiger charge is 2.42. The van der Waals surface area contributed by atoms with E-state index in [0.717, 1.165) is 61.0 Å². The molecule has 5 rings (SSSR count). The molecular weight excluding hydrogens is 340 g/mol. The van der Waals surface area contributed by atoms with Crippen LogP contribution in [0, 0.1) is 18.8 Å². The minimum Gasteiger partial charge on any atom is -0.369 e. The summed E-state index contributed by atoms with van der Waals surface area (Å²) in [5, 5.41) is 0. The highest BCUT2D eigenvalue weighted by Crippen LogP contribution is 2.46. The molecule has 0 radical (unpaired) electrons. The molecule has 2 aliphatic carbocycles. The van der Waals surface area contributed by atoms with Gasteiger partial charge in [-0.2, -0.15) is 5.43 Å². The summed E-state index contributed by atoms with van der Waals surface area (Å²) in [4.78, 5) is 14.1. The van der Waals surface area contributed by atoms with E-state index in [1.807, 2.05) is 0 Å². The summed E-state index contributed by atoms with van der Waals surface area (Å²) in [6.45, 7) is 6.46. The fourth-order valence-corrected chi connectivity index (χ4v) is 5.57. The second-order valence-corrected chi connectivity index (χ2v) is 8.64. The Morgan fingerprint density at radius 3 is 2.59 bits per heavy atom. The van der Waals surface area contributed by atoms with Crippen LogP contribution in [0.25, 0.3) is 0 Å². The van der Waals surface area contributed by atoms with E-state index in [0.29, 0.717) is 0 Å². The molecule has 3 unspecified atom stereocenters. The lowest BCUT2D eigenvalue weighted by atomic mass is 9.93. The van der Waals surface area contributed by atoms with E-state index in [1.165, 1.54) is 25.7 Å². The van der Waals surface area contributed by atoms with Crippen LogP contribution in [-0.4, -0.2) is 48.1 Å². The van der Waals surface area contributed by atoms with E-state index < -0.39 is 5.79 Å². The topological polar surface area (TPSA) is 108 Å². The van der Waals surface area contributed by atoms with Crippen LogP contribution in [0.2, 0.25) is 0 Å². The smallest absolute Gasteiger partial charge is 0.210 e. The van der Waals surface area contributed by atoms with Crippen LogP contribution in [0.5, 0.6) is 0 Å². The minimum absolute atomic E-state index is 0.288. The molecular formula is C19H30N8. The van der Waals surface area contributed by atoms with Gasteiger partial charge in [-0.25, -0.2) is 9.98 Å². The molecule has 1 aromatic heterocycles. The Morgan fingerprint density at radius 1 is 1.19 bits per heavy atom. The Kier molecular flexibility index (Phi) is 4.03. The van der Waals surface area contributed by atoms with Crippen LogP contribution >= 0.6 is 0 Å². The van der Waals surface area contributed by atoms with Crippen LogP contribution in [0.1, 0.15) is 36.8 Å². The summed E-state index contributed by atoms with van der Waals surface area (Å²) in [6, 6.07) is 2.89. The van der Waals surface area contributed by atoms with Crippen molar-refractivity contribution in [1.82, 2.24) is 20.7 Å². The molecule has 1 saturated heterocycles. The standard InChI is InChI=1S/C19H30N8/c1-12-8-15(19(21)23-18(20)24-25-19)11-22-17(12)27-6-4-26(5-7-27)16-10-13-2-3-14(16)9-13/h8,11,13-14,16,25H,2-7,9-10,21H2,1H3,(H3,20,23,24)/t13?,14?,16-,19?/m0/s1. The number of anilines is 1. The van der Waals surface area contributed by atoms with Gasteiger partial charge in [-0.15, -0.1) is 0 Å². The van der Waals surface area contributed by atoms with Gasteiger partial charge in [-0.1, -0.05) is 6.42 Å². The molecule has 2 aliphatic heterocycles. The van der Waals surface area contributed by atoms with Crippen LogP contribution in [0.3, 0.4) is 0 Å². The molecule has 1 aromatic rings. The number of hydrazine groups is 1. The molecule has 0 spiro atoms. The van der Waals surface area contributed by atoms with Gasteiger partial charge >= 0.3 is 0 Å². The number of hydrogen-bond donors (Lipinski definition) is 4. The molecule has 6 N–H and O–H groups in total. The van der Waals surface area contributed by atoms with Crippen molar-refractivity contribution in [2.24, 2.45) is 28.3 Å². The number of pyridine rings is 1. The zero-order chi connectivity index (χ0) is 18.6. The van der Waals surface area contributed by atoms with Crippen molar-refractivity contribution in [3.63, 3.8) is 0 Å². The van der Waals surface area contributed by atoms with Crippen LogP contribution in [0.15, 0.2) is 17.3 Å². The second-order valence-electron chi connectivity index (χ2n) is 8.64. The average molecular weight is 371 g/mol. The highest BCUT2D eigenvalue weighted by atomic mass is 15.6. The van der Waals surface area contributed by atoms with Crippen LogP contribution in [0.4, 0.5) is 5.82 Å². The minimum atomic E-state index is -1.05. The maximum absolute atomic E-state index is 6.28.